The van der Waals surface area contributed by atoms with Crippen LogP contribution in [0.1, 0.15) is 23.6 Å². The highest BCUT2D eigenvalue weighted by atomic mass is 16.5. The van der Waals surface area contributed by atoms with Gasteiger partial charge in [0.25, 0.3) is 0 Å². The summed E-state index contributed by atoms with van der Waals surface area (Å²) in [6.45, 7) is 3.86. The number of hydrogen-bond donors (Lipinski definition) is 1. The van der Waals surface area contributed by atoms with E-state index in [9.17, 15) is 4.79 Å². The smallest absolute Gasteiger partial charge is 0.244 e. The van der Waals surface area contributed by atoms with Crippen LogP contribution in [-0.2, 0) is 11.2 Å². The number of benzene rings is 2. The molecule has 2 aromatic rings. The van der Waals surface area contributed by atoms with Crippen molar-refractivity contribution in [3.63, 3.8) is 0 Å². The summed E-state index contributed by atoms with van der Waals surface area (Å²) in [5.41, 5.74) is 6.30. The second-order valence-corrected chi connectivity index (χ2v) is 5.09. The first-order valence-electron chi connectivity index (χ1n) is 7.12. The van der Waals surface area contributed by atoms with Gasteiger partial charge in [0.15, 0.2) is 0 Å². The van der Waals surface area contributed by atoms with E-state index >= 15 is 0 Å². The van der Waals surface area contributed by atoms with Crippen LogP contribution in [0.4, 0.5) is 0 Å². The molecule has 0 radical (unpaired) electrons. The standard InChI is InChI=1S/C18H20N2O2/c1-13-8-10-15(11-9-13)12-18(21)20-19-14(2)16-6-4-5-7-17(16)22-3/h4-11H,12H2,1-3H3,(H,20,21)/b19-14+. The zero-order chi connectivity index (χ0) is 15.9. The summed E-state index contributed by atoms with van der Waals surface area (Å²) in [6.07, 6.45) is 0.309. The largest absolute Gasteiger partial charge is 0.496 e. The van der Waals surface area contributed by atoms with E-state index in [4.69, 9.17) is 4.74 Å². The molecule has 22 heavy (non-hydrogen) atoms. The van der Waals surface area contributed by atoms with E-state index in [1.807, 2.05) is 62.4 Å². The third-order valence-electron chi connectivity index (χ3n) is 3.33. The Kier molecular flexibility index (Phi) is 5.31. The van der Waals surface area contributed by atoms with Crippen LogP contribution in [0.15, 0.2) is 53.6 Å². The Morgan fingerprint density at radius 1 is 1.14 bits per heavy atom. The van der Waals surface area contributed by atoms with Crippen LogP contribution < -0.4 is 10.2 Å². The summed E-state index contributed by atoms with van der Waals surface area (Å²) in [5.74, 6) is 0.592. The maximum Gasteiger partial charge on any atom is 0.244 e. The molecule has 0 saturated heterocycles. The first-order valence-corrected chi connectivity index (χ1v) is 7.12. The Bertz CT molecular complexity index is 676. The SMILES string of the molecule is COc1ccccc1/C(C)=N/NC(=O)Cc1ccc(C)cc1. The molecule has 0 fully saturated rings. The molecule has 0 saturated carbocycles. The van der Waals surface area contributed by atoms with E-state index in [2.05, 4.69) is 10.5 Å². The molecule has 0 bridgehead atoms. The number of hydrogen-bond acceptors (Lipinski definition) is 3. The monoisotopic (exact) mass is 296 g/mol. The van der Waals surface area contributed by atoms with E-state index < -0.39 is 0 Å². The molecule has 0 aromatic heterocycles. The number of carbonyl (C=O) groups excluding carboxylic acids is 1. The van der Waals surface area contributed by atoms with E-state index in [0.717, 1.165) is 16.9 Å². The summed E-state index contributed by atoms with van der Waals surface area (Å²) in [5, 5.41) is 4.15. The normalized spacial score (nSPS) is 11.1. The van der Waals surface area contributed by atoms with Crippen LogP contribution in [0.2, 0.25) is 0 Å². The fraction of sp³-hybridized carbons (Fsp3) is 0.222. The van der Waals surface area contributed by atoms with Crippen molar-refractivity contribution in [1.82, 2.24) is 5.43 Å². The number of methoxy groups -OCH3 is 1. The van der Waals surface area contributed by atoms with Gasteiger partial charge in [-0.2, -0.15) is 5.10 Å². The summed E-state index contributed by atoms with van der Waals surface area (Å²) >= 11 is 0. The van der Waals surface area contributed by atoms with Crippen molar-refractivity contribution < 1.29 is 9.53 Å². The van der Waals surface area contributed by atoms with E-state index in [1.165, 1.54) is 5.56 Å². The number of aryl methyl sites for hydroxylation is 1. The third kappa shape index (κ3) is 4.19. The van der Waals surface area contributed by atoms with Crippen molar-refractivity contribution in [2.75, 3.05) is 7.11 Å². The Morgan fingerprint density at radius 3 is 2.50 bits per heavy atom. The van der Waals surface area contributed by atoms with Crippen molar-refractivity contribution in [2.24, 2.45) is 5.10 Å². The number of nitrogens with zero attached hydrogens (tertiary/aromatic N) is 1. The average molecular weight is 296 g/mol. The molecule has 2 rings (SSSR count). The van der Waals surface area contributed by atoms with Gasteiger partial charge in [-0.25, -0.2) is 5.43 Å². The first kappa shape index (κ1) is 15.8. The zero-order valence-electron chi connectivity index (χ0n) is 13.1. The molecular weight excluding hydrogens is 276 g/mol. The summed E-state index contributed by atoms with van der Waals surface area (Å²) < 4.78 is 5.29. The van der Waals surface area contributed by atoms with E-state index in [1.54, 1.807) is 7.11 Å². The number of carbonyl (C=O) groups is 1. The molecule has 1 N–H and O–H groups in total. The van der Waals surface area contributed by atoms with Gasteiger partial charge in [-0.3, -0.25) is 4.79 Å². The van der Waals surface area contributed by atoms with Gasteiger partial charge in [-0.05, 0) is 31.5 Å². The summed E-state index contributed by atoms with van der Waals surface area (Å²) in [7, 11) is 1.61. The molecule has 114 valence electrons. The highest BCUT2D eigenvalue weighted by Gasteiger charge is 2.06. The molecule has 0 aliphatic carbocycles. The van der Waals surface area contributed by atoms with Gasteiger partial charge in [-0.15, -0.1) is 0 Å². The van der Waals surface area contributed by atoms with Gasteiger partial charge in [0.2, 0.25) is 5.91 Å². The number of amides is 1. The maximum absolute atomic E-state index is 11.9. The second kappa shape index (κ2) is 7.41. The number of nitrogens with one attached hydrogen (secondary N) is 1. The molecule has 4 heteroatoms. The van der Waals surface area contributed by atoms with Crippen molar-refractivity contribution in [2.45, 2.75) is 20.3 Å². The minimum atomic E-state index is -0.141. The van der Waals surface area contributed by atoms with Crippen LogP contribution in [0.5, 0.6) is 5.75 Å². The molecular formula is C18H20N2O2. The predicted molar refractivity (Wildman–Crippen MR) is 88.2 cm³/mol. The van der Waals surface area contributed by atoms with Gasteiger partial charge >= 0.3 is 0 Å². The Labute approximate surface area is 130 Å². The minimum absolute atomic E-state index is 0.141. The number of hydrazone groups is 1. The molecule has 0 aliphatic rings. The van der Waals surface area contributed by atoms with Crippen LogP contribution >= 0.6 is 0 Å². The predicted octanol–water partition coefficient (Wildman–Crippen LogP) is 3.09. The Morgan fingerprint density at radius 2 is 1.82 bits per heavy atom. The fourth-order valence-corrected chi connectivity index (χ4v) is 2.08. The highest BCUT2D eigenvalue weighted by molar-refractivity contribution is 6.01. The van der Waals surface area contributed by atoms with Crippen LogP contribution in [-0.4, -0.2) is 18.7 Å². The van der Waals surface area contributed by atoms with Crippen molar-refractivity contribution in [3.8, 4) is 5.75 Å². The molecule has 4 nitrogen and oxygen atoms in total. The summed E-state index contributed by atoms with van der Waals surface area (Å²) in [6, 6.07) is 15.5. The van der Waals surface area contributed by atoms with Gasteiger partial charge in [0.1, 0.15) is 5.75 Å². The number of para-hydroxylation sites is 1. The highest BCUT2D eigenvalue weighted by Crippen LogP contribution is 2.17. The Hall–Kier alpha value is -2.62. The molecule has 0 aliphatic heterocycles. The van der Waals surface area contributed by atoms with E-state index in [-0.39, 0.29) is 5.91 Å². The maximum atomic E-state index is 11.9. The van der Waals surface area contributed by atoms with Crippen molar-refractivity contribution in [1.29, 1.82) is 0 Å². The topological polar surface area (TPSA) is 50.7 Å². The number of ether oxygens (including phenoxy) is 1. The quantitative estimate of drug-likeness (QED) is 0.681. The molecule has 0 spiro atoms. The second-order valence-electron chi connectivity index (χ2n) is 5.09. The lowest BCUT2D eigenvalue weighted by Crippen LogP contribution is -2.21. The summed E-state index contributed by atoms with van der Waals surface area (Å²) in [4.78, 5) is 11.9. The lowest BCUT2D eigenvalue weighted by Gasteiger charge is -2.08. The lowest BCUT2D eigenvalue weighted by atomic mass is 10.1. The molecule has 2 aromatic carbocycles. The van der Waals surface area contributed by atoms with Crippen molar-refractivity contribution >= 4 is 11.6 Å². The van der Waals surface area contributed by atoms with Crippen molar-refractivity contribution in [3.05, 3.63) is 65.2 Å². The van der Waals surface area contributed by atoms with Crippen LogP contribution in [0.3, 0.4) is 0 Å². The molecule has 0 atom stereocenters. The third-order valence-corrected chi connectivity index (χ3v) is 3.33. The average Bonchev–Trinajstić information content (AvgIpc) is 2.54. The molecule has 0 unspecified atom stereocenters. The van der Waals surface area contributed by atoms with Gasteiger partial charge in [0.05, 0.1) is 19.2 Å². The first-order chi connectivity index (χ1) is 10.6. The molecule has 1 amide bonds. The number of rotatable bonds is 5. The van der Waals surface area contributed by atoms with Gasteiger partial charge < -0.3 is 4.74 Å². The lowest BCUT2D eigenvalue weighted by molar-refractivity contribution is -0.120. The fourth-order valence-electron chi connectivity index (χ4n) is 2.08. The van der Waals surface area contributed by atoms with Gasteiger partial charge in [-0.1, -0.05) is 42.0 Å². The van der Waals surface area contributed by atoms with Crippen LogP contribution in [0, 0.1) is 6.92 Å². The Balaban J connectivity index is 2.01. The van der Waals surface area contributed by atoms with Crippen LogP contribution in [0.25, 0.3) is 0 Å². The zero-order valence-corrected chi connectivity index (χ0v) is 13.1. The molecule has 0 heterocycles. The minimum Gasteiger partial charge on any atom is -0.496 e. The van der Waals surface area contributed by atoms with E-state index in [0.29, 0.717) is 12.1 Å². The van der Waals surface area contributed by atoms with Gasteiger partial charge in [0, 0.05) is 5.56 Å².